The van der Waals surface area contributed by atoms with Crippen molar-refractivity contribution in [2.24, 2.45) is 0 Å². The van der Waals surface area contributed by atoms with Crippen LogP contribution >= 0.6 is 11.3 Å². The summed E-state index contributed by atoms with van der Waals surface area (Å²) >= 11 is 1.71. The summed E-state index contributed by atoms with van der Waals surface area (Å²) in [5.74, 6) is 0. The van der Waals surface area contributed by atoms with Gasteiger partial charge in [-0.05, 0) is 10.8 Å². The third-order valence-corrected chi connectivity index (χ3v) is 2.12. The summed E-state index contributed by atoms with van der Waals surface area (Å²) < 4.78 is 0. The van der Waals surface area contributed by atoms with Gasteiger partial charge < -0.3 is 0 Å². The molecule has 0 unspecified atom stereocenters. The molecule has 2 rings (SSSR count). The highest BCUT2D eigenvalue weighted by Gasteiger charge is 1.97. The van der Waals surface area contributed by atoms with E-state index in [9.17, 15) is 0 Å². The SMILES string of the molecule is [B]1CCCC1.c1ccsc1. The molecule has 1 saturated heterocycles. The van der Waals surface area contributed by atoms with Crippen molar-refractivity contribution < 1.29 is 0 Å². The summed E-state index contributed by atoms with van der Waals surface area (Å²) in [6, 6.07) is 4.04. The maximum Gasteiger partial charge on any atom is 0.109 e. The zero-order valence-electron chi connectivity index (χ0n) is 6.12. The Morgan fingerprint density at radius 1 is 1.00 bits per heavy atom. The van der Waals surface area contributed by atoms with Gasteiger partial charge in [-0.2, -0.15) is 11.3 Å². The fourth-order valence-electron chi connectivity index (χ4n) is 0.948. The van der Waals surface area contributed by atoms with Crippen LogP contribution in [-0.2, 0) is 0 Å². The lowest BCUT2D eigenvalue weighted by molar-refractivity contribution is 0.935. The van der Waals surface area contributed by atoms with Crippen LogP contribution in [0.3, 0.4) is 0 Å². The molecule has 0 saturated carbocycles. The van der Waals surface area contributed by atoms with Gasteiger partial charge in [0.15, 0.2) is 0 Å². The predicted molar refractivity (Wildman–Crippen MR) is 48.9 cm³/mol. The summed E-state index contributed by atoms with van der Waals surface area (Å²) in [4.78, 5) is 0. The van der Waals surface area contributed by atoms with E-state index in [0.29, 0.717) is 0 Å². The molecule has 2 heterocycles. The second-order valence-electron chi connectivity index (χ2n) is 2.37. The molecule has 0 aliphatic carbocycles. The maximum absolute atomic E-state index is 2.36. The molecule has 0 nitrogen and oxygen atoms in total. The van der Waals surface area contributed by atoms with E-state index in [1.54, 1.807) is 11.3 Å². The van der Waals surface area contributed by atoms with Crippen LogP contribution in [0.5, 0.6) is 0 Å². The van der Waals surface area contributed by atoms with Gasteiger partial charge in [0, 0.05) is 0 Å². The first-order valence-electron chi connectivity index (χ1n) is 3.79. The van der Waals surface area contributed by atoms with Gasteiger partial charge in [-0.3, -0.25) is 0 Å². The van der Waals surface area contributed by atoms with E-state index in [1.807, 2.05) is 22.9 Å². The molecule has 1 aromatic rings. The molecule has 0 bridgehead atoms. The Labute approximate surface area is 67.5 Å². The molecule has 0 atom stereocenters. The quantitative estimate of drug-likeness (QED) is 0.500. The minimum Gasteiger partial charge on any atom is -0.152 e. The zero-order chi connectivity index (χ0) is 7.07. The maximum atomic E-state index is 2.36. The molecular weight excluding hydrogens is 139 g/mol. The van der Waals surface area contributed by atoms with Crippen LogP contribution < -0.4 is 0 Å². The fraction of sp³-hybridized carbons (Fsp3) is 0.500. The molecule has 10 heavy (non-hydrogen) atoms. The van der Waals surface area contributed by atoms with E-state index >= 15 is 0 Å². The van der Waals surface area contributed by atoms with Crippen molar-refractivity contribution in [3.8, 4) is 0 Å². The standard InChI is InChI=1S/C4H8B.C4H4S/c2*1-2-4-5-3-1/h1-4H2;1-4H. The van der Waals surface area contributed by atoms with E-state index < -0.39 is 0 Å². The lowest BCUT2D eigenvalue weighted by atomic mass is 9.77. The number of hydrogen-bond acceptors (Lipinski definition) is 1. The molecule has 1 radical (unpaired) electrons. The van der Waals surface area contributed by atoms with E-state index in [0.717, 1.165) is 0 Å². The van der Waals surface area contributed by atoms with Crippen LogP contribution in [0.1, 0.15) is 12.8 Å². The van der Waals surface area contributed by atoms with Crippen LogP contribution in [0.15, 0.2) is 22.9 Å². The lowest BCUT2D eigenvalue weighted by Crippen LogP contribution is -1.68. The molecular formula is C8H12BS. The normalized spacial score (nSPS) is 15.2. The average Bonchev–Trinajstić information content (AvgIpc) is 2.67. The first kappa shape index (κ1) is 7.87. The van der Waals surface area contributed by atoms with Gasteiger partial charge in [0.25, 0.3) is 0 Å². The highest BCUT2D eigenvalue weighted by molar-refractivity contribution is 7.07. The third kappa shape index (κ3) is 3.73. The molecule has 1 aliphatic heterocycles. The molecule has 1 aliphatic rings. The van der Waals surface area contributed by atoms with Crippen LogP contribution in [0, 0.1) is 0 Å². The Morgan fingerprint density at radius 3 is 1.80 bits per heavy atom. The Morgan fingerprint density at radius 2 is 1.60 bits per heavy atom. The largest absolute Gasteiger partial charge is 0.152 e. The fourth-order valence-corrected chi connectivity index (χ4v) is 1.40. The average molecular weight is 151 g/mol. The predicted octanol–water partition coefficient (Wildman–Crippen LogP) is 3.07. The molecule has 0 aromatic carbocycles. The molecule has 0 amide bonds. The van der Waals surface area contributed by atoms with Crippen molar-refractivity contribution in [1.29, 1.82) is 0 Å². The van der Waals surface area contributed by atoms with Crippen molar-refractivity contribution in [1.82, 2.24) is 0 Å². The first-order valence-corrected chi connectivity index (χ1v) is 4.73. The highest BCUT2D eigenvalue weighted by atomic mass is 32.1. The first-order chi connectivity index (χ1) is 5.00. The Bertz CT molecular complexity index is 108. The molecule has 0 N–H and O–H groups in total. The van der Waals surface area contributed by atoms with Crippen LogP contribution in [0.4, 0.5) is 0 Å². The van der Waals surface area contributed by atoms with Gasteiger partial charge in [0.05, 0.1) is 0 Å². The van der Waals surface area contributed by atoms with Gasteiger partial charge in [-0.1, -0.05) is 37.6 Å². The second-order valence-corrected chi connectivity index (χ2v) is 3.18. The number of hydrogen-bond donors (Lipinski definition) is 0. The molecule has 53 valence electrons. The van der Waals surface area contributed by atoms with E-state index in [1.165, 1.54) is 25.5 Å². The van der Waals surface area contributed by atoms with E-state index in [-0.39, 0.29) is 0 Å². The lowest BCUT2D eigenvalue weighted by Gasteiger charge is -1.68. The summed E-state index contributed by atoms with van der Waals surface area (Å²) in [5.41, 5.74) is 0. The van der Waals surface area contributed by atoms with Crippen LogP contribution in [-0.4, -0.2) is 7.28 Å². The Balaban J connectivity index is 0.0000001000. The molecule has 1 fully saturated rings. The van der Waals surface area contributed by atoms with E-state index in [4.69, 9.17) is 0 Å². The second kappa shape index (κ2) is 5.54. The van der Waals surface area contributed by atoms with E-state index in [2.05, 4.69) is 7.28 Å². The molecule has 0 spiro atoms. The summed E-state index contributed by atoms with van der Waals surface area (Å²) in [6.07, 6.45) is 5.64. The monoisotopic (exact) mass is 151 g/mol. The van der Waals surface area contributed by atoms with Crippen molar-refractivity contribution in [3.63, 3.8) is 0 Å². The Hall–Kier alpha value is -0.235. The smallest absolute Gasteiger partial charge is 0.109 e. The minimum absolute atomic E-state index is 1.38. The van der Waals surface area contributed by atoms with Crippen molar-refractivity contribution >= 4 is 18.6 Å². The van der Waals surface area contributed by atoms with Gasteiger partial charge in [0.1, 0.15) is 7.28 Å². The van der Waals surface area contributed by atoms with Crippen molar-refractivity contribution in [2.75, 3.05) is 0 Å². The molecule has 1 aromatic heterocycles. The van der Waals surface area contributed by atoms with Gasteiger partial charge in [-0.25, -0.2) is 0 Å². The zero-order valence-corrected chi connectivity index (χ0v) is 6.94. The van der Waals surface area contributed by atoms with Gasteiger partial charge in [-0.15, -0.1) is 0 Å². The number of thiophene rings is 1. The van der Waals surface area contributed by atoms with Crippen molar-refractivity contribution in [3.05, 3.63) is 22.9 Å². The van der Waals surface area contributed by atoms with Crippen LogP contribution in [0.2, 0.25) is 12.6 Å². The van der Waals surface area contributed by atoms with Crippen LogP contribution in [0.25, 0.3) is 0 Å². The summed E-state index contributed by atoms with van der Waals surface area (Å²) in [7, 11) is 2.36. The Kier molecular flexibility index (Phi) is 4.36. The van der Waals surface area contributed by atoms with Gasteiger partial charge >= 0.3 is 0 Å². The van der Waals surface area contributed by atoms with Gasteiger partial charge in [0.2, 0.25) is 0 Å². The highest BCUT2D eigenvalue weighted by Crippen LogP contribution is 2.09. The van der Waals surface area contributed by atoms with Crippen molar-refractivity contribution in [2.45, 2.75) is 25.5 Å². The third-order valence-electron chi connectivity index (χ3n) is 1.49. The number of rotatable bonds is 0. The minimum atomic E-state index is 1.38. The summed E-state index contributed by atoms with van der Waals surface area (Å²) in [5, 5.41) is 4.08. The topological polar surface area (TPSA) is 0 Å². The molecule has 2 heteroatoms. The summed E-state index contributed by atoms with van der Waals surface area (Å²) in [6.45, 7) is 0.